The van der Waals surface area contributed by atoms with Gasteiger partial charge in [0.05, 0.1) is 0 Å². The van der Waals surface area contributed by atoms with Gasteiger partial charge in [-0.15, -0.1) is 0 Å². The van der Waals surface area contributed by atoms with Crippen molar-refractivity contribution in [3.8, 4) is 0 Å². The van der Waals surface area contributed by atoms with Gasteiger partial charge in [-0.2, -0.15) is 0 Å². The van der Waals surface area contributed by atoms with Gasteiger partial charge < -0.3 is 14.4 Å². The van der Waals surface area contributed by atoms with E-state index in [-0.39, 0.29) is 0 Å². The zero-order valence-electron chi connectivity index (χ0n) is 10.1. The summed E-state index contributed by atoms with van der Waals surface area (Å²) in [4.78, 5) is 13.2. The van der Waals surface area contributed by atoms with Crippen LogP contribution < -0.4 is 0 Å². The maximum Gasteiger partial charge on any atom is 0.123 e. The molecule has 0 N–H and O–H groups in total. The van der Waals surface area contributed by atoms with E-state index < -0.39 is 0 Å². The lowest BCUT2D eigenvalue weighted by Gasteiger charge is -2.31. The molecule has 0 bridgehead atoms. The van der Waals surface area contributed by atoms with Crippen molar-refractivity contribution < 1.29 is 9.53 Å². The zero-order valence-corrected chi connectivity index (χ0v) is 10.1. The fourth-order valence-electron chi connectivity index (χ4n) is 2.71. The van der Waals surface area contributed by atoms with Gasteiger partial charge >= 0.3 is 0 Å². The molecule has 0 aromatic rings. The summed E-state index contributed by atoms with van der Waals surface area (Å²) in [5.41, 5.74) is 0. The quantitative estimate of drug-likeness (QED) is 0.682. The number of carbonyl (C=O) groups excluding carboxylic acids is 1. The minimum Gasteiger partial charge on any atom is -0.381 e. The predicted molar refractivity (Wildman–Crippen MR) is 63.4 cm³/mol. The molecule has 3 nitrogen and oxygen atoms in total. The summed E-state index contributed by atoms with van der Waals surface area (Å²) < 4.78 is 5.37. The van der Waals surface area contributed by atoms with E-state index in [9.17, 15) is 4.79 Å². The van der Waals surface area contributed by atoms with E-state index in [0.29, 0.717) is 5.92 Å². The summed E-state index contributed by atoms with van der Waals surface area (Å²) in [5, 5.41) is 0. The number of hydrogen-bond acceptors (Lipinski definition) is 3. The molecule has 0 aromatic heterocycles. The van der Waals surface area contributed by atoms with Gasteiger partial charge in [0, 0.05) is 19.1 Å². The van der Waals surface area contributed by atoms with E-state index in [2.05, 4.69) is 4.90 Å². The van der Waals surface area contributed by atoms with Crippen LogP contribution in [0.2, 0.25) is 0 Å². The molecule has 2 fully saturated rings. The summed E-state index contributed by atoms with van der Waals surface area (Å²) >= 11 is 0. The third kappa shape index (κ3) is 3.56. The van der Waals surface area contributed by atoms with E-state index in [1.807, 2.05) is 0 Å². The lowest BCUT2D eigenvalue weighted by Crippen LogP contribution is -2.35. The lowest BCUT2D eigenvalue weighted by molar-refractivity contribution is -0.112. The highest BCUT2D eigenvalue weighted by atomic mass is 16.5. The predicted octanol–water partition coefficient (Wildman–Crippen LogP) is 1.71. The molecule has 0 unspecified atom stereocenters. The van der Waals surface area contributed by atoms with Crippen LogP contribution in [-0.2, 0) is 9.53 Å². The largest absolute Gasteiger partial charge is 0.381 e. The normalized spacial score (nSPS) is 25.8. The molecule has 16 heavy (non-hydrogen) atoms. The monoisotopic (exact) mass is 225 g/mol. The molecule has 0 radical (unpaired) electrons. The van der Waals surface area contributed by atoms with Crippen molar-refractivity contribution in [2.24, 2.45) is 11.8 Å². The second kappa shape index (κ2) is 6.36. The number of aldehydes is 1. The average Bonchev–Trinajstić information content (AvgIpc) is 2.38. The molecule has 2 aliphatic heterocycles. The van der Waals surface area contributed by atoms with Crippen LogP contribution in [0.1, 0.15) is 32.1 Å². The molecule has 2 aliphatic rings. The van der Waals surface area contributed by atoms with Crippen molar-refractivity contribution in [1.29, 1.82) is 0 Å². The summed E-state index contributed by atoms with van der Waals surface area (Å²) in [7, 11) is 0. The molecule has 0 amide bonds. The number of carbonyl (C=O) groups is 1. The van der Waals surface area contributed by atoms with Gasteiger partial charge in [0.1, 0.15) is 6.29 Å². The molecular formula is C13H23NO2. The van der Waals surface area contributed by atoms with Crippen LogP contribution in [0, 0.1) is 11.8 Å². The van der Waals surface area contributed by atoms with E-state index >= 15 is 0 Å². The van der Waals surface area contributed by atoms with Gasteiger partial charge in [-0.1, -0.05) is 0 Å². The molecule has 2 rings (SSSR count). The Balaban J connectivity index is 1.61. The second-order valence-corrected chi connectivity index (χ2v) is 5.16. The summed E-state index contributed by atoms with van der Waals surface area (Å²) in [6.45, 7) is 5.37. The number of piperidine rings is 1. The zero-order chi connectivity index (χ0) is 11.2. The first kappa shape index (κ1) is 12.1. The average molecular weight is 225 g/mol. The Labute approximate surface area is 98.1 Å². The van der Waals surface area contributed by atoms with Crippen molar-refractivity contribution in [3.63, 3.8) is 0 Å². The number of hydrogen-bond donors (Lipinski definition) is 0. The van der Waals surface area contributed by atoms with E-state index in [0.717, 1.165) is 51.3 Å². The molecule has 92 valence electrons. The van der Waals surface area contributed by atoms with Crippen LogP contribution >= 0.6 is 0 Å². The summed E-state index contributed by atoms with van der Waals surface area (Å²) in [5.74, 6) is 1.21. The molecule has 3 heteroatoms. The van der Waals surface area contributed by atoms with Gasteiger partial charge in [-0.25, -0.2) is 0 Å². The number of rotatable bonds is 4. The van der Waals surface area contributed by atoms with E-state index in [4.69, 9.17) is 4.74 Å². The highest BCUT2D eigenvalue weighted by molar-refractivity contribution is 5.53. The summed E-state index contributed by atoms with van der Waals surface area (Å²) in [6.07, 6.45) is 7.06. The van der Waals surface area contributed by atoms with Crippen molar-refractivity contribution in [2.45, 2.75) is 32.1 Å². The Bertz CT molecular complexity index is 206. The highest BCUT2D eigenvalue weighted by Gasteiger charge is 2.20. The molecule has 2 saturated heterocycles. The van der Waals surface area contributed by atoms with Crippen LogP contribution in [0.15, 0.2) is 0 Å². The fourth-order valence-corrected chi connectivity index (χ4v) is 2.71. The molecule has 0 aliphatic carbocycles. The third-order valence-electron chi connectivity index (χ3n) is 4.02. The Kier molecular flexibility index (Phi) is 4.79. The Hall–Kier alpha value is -0.410. The first-order valence-corrected chi connectivity index (χ1v) is 6.64. The Morgan fingerprint density at radius 3 is 2.44 bits per heavy atom. The number of ether oxygens (including phenoxy) is 1. The first-order valence-electron chi connectivity index (χ1n) is 6.64. The Morgan fingerprint density at radius 1 is 1.12 bits per heavy atom. The van der Waals surface area contributed by atoms with Crippen LogP contribution in [0.5, 0.6) is 0 Å². The maximum absolute atomic E-state index is 10.6. The maximum atomic E-state index is 10.6. The standard InChI is InChI=1S/C13H23NO2/c15-11-13-2-7-14(8-3-13)6-1-12-4-9-16-10-5-12/h11-13H,1-10H2. The van der Waals surface area contributed by atoms with Crippen LogP contribution in [0.25, 0.3) is 0 Å². The Morgan fingerprint density at radius 2 is 1.81 bits per heavy atom. The number of nitrogens with zero attached hydrogens (tertiary/aromatic N) is 1. The van der Waals surface area contributed by atoms with Crippen molar-refractivity contribution in [2.75, 3.05) is 32.8 Å². The summed E-state index contributed by atoms with van der Waals surface area (Å²) in [6, 6.07) is 0. The van der Waals surface area contributed by atoms with E-state index in [1.165, 1.54) is 25.8 Å². The topological polar surface area (TPSA) is 29.5 Å². The van der Waals surface area contributed by atoms with Gasteiger partial charge in [0.25, 0.3) is 0 Å². The number of likely N-dealkylation sites (tertiary alicyclic amines) is 1. The minimum atomic E-state index is 0.333. The van der Waals surface area contributed by atoms with Crippen LogP contribution in [-0.4, -0.2) is 44.0 Å². The van der Waals surface area contributed by atoms with Gasteiger partial charge in [-0.05, 0) is 57.7 Å². The molecular weight excluding hydrogens is 202 g/mol. The smallest absolute Gasteiger partial charge is 0.123 e. The molecule has 0 atom stereocenters. The second-order valence-electron chi connectivity index (χ2n) is 5.16. The van der Waals surface area contributed by atoms with E-state index in [1.54, 1.807) is 0 Å². The minimum absolute atomic E-state index is 0.333. The van der Waals surface area contributed by atoms with Crippen molar-refractivity contribution >= 4 is 6.29 Å². The van der Waals surface area contributed by atoms with Crippen molar-refractivity contribution in [1.82, 2.24) is 4.90 Å². The van der Waals surface area contributed by atoms with Gasteiger partial charge in [0.2, 0.25) is 0 Å². The highest BCUT2D eigenvalue weighted by Crippen LogP contribution is 2.21. The molecule has 0 aromatic carbocycles. The van der Waals surface area contributed by atoms with Gasteiger partial charge in [0.15, 0.2) is 0 Å². The van der Waals surface area contributed by atoms with Crippen molar-refractivity contribution in [3.05, 3.63) is 0 Å². The molecule has 0 saturated carbocycles. The first-order chi connectivity index (χ1) is 7.88. The lowest BCUT2D eigenvalue weighted by atomic mass is 9.94. The fraction of sp³-hybridized carbons (Fsp3) is 0.923. The van der Waals surface area contributed by atoms with Crippen LogP contribution in [0.3, 0.4) is 0 Å². The van der Waals surface area contributed by atoms with Crippen LogP contribution in [0.4, 0.5) is 0 Å². The SMILES string of the molecule is O=CC1CCN(CCC2CCOCC2)CC1. The van der Waals surface area contributed by atoms with Gasteiger partial charge in [-0.3, -0.25) is 0 Å². The molecule has 2 heterocycles. The molecule has 0 spiro atoms. The third-order valence-corrected chi connectivity index (χ3v) is 4.02.